The zero-order valence-corrected chi connectivity index (χ0v) is 17.4. The first-order valence-electron chi connectivity index (χ1n) is 9.67. The van der Waals surface area contributed by atoms with Crippen LogP contribution in [0.25, 0.3) is 0 Å². The van der Waals surface area contributed by atoms with E-state index >= 15 is 0 Å². The van der Waals surface area contributed by atoms with Crippen LogP contribution in [0.15, 0.2) is 12.1 Å². The summed E-state index contributed by atoms with van der Waals surface area (Å²) < 4.78 is 11.6. The number of aliphatic carboxylic acids is 2. The smallest absolute Gasteiger partial charge is 0.414 e. The van der Waals surface area contributed by atoms with Crippen molar-refractivity contribution in [2.24, 2.45) is 5.92 Å². The molecule has 0 amide bonds. The number of carboxylic acid groups (broad SMARTS) is 2. The highest BCUT2D eigenvalue weighted by molar-refractivity contribution is 6.27. The first-order valence-corrected chi connectivity index (χ1v) is 9.67. The summed E-state index contributed by atoms with van der Waals surface area (Å²) >= 11 is 0. The number of likely N-dealkylation sites (tertiary alicyclic amines) is 1. The number of piperidine rings is 1. The second-order valence-corrected chi connectivity index (χ2v) is 7.32. The van der Waals surface area contributed by atoms with E-state index < -0.39 is 11.9 Å². The quantitative estimate of drug-likeness (QED) is 0.541. The standard InChI is InChI=1S/C19H31NO2.C2H2O4/c1-15-5-7-20(8-6-15)9-10-21-11-12-22-19-17(3)13-16(2)14-18(19)4;3-1(4)2(5)6/h13-15H,5-12H2,1-4H3;(H,3,4)(H,5,6). The van der Waals surface area contributed by atoms with Gasteiger partial charge in [-0.1, -0.05) is 24.6 Å². The summed E-state index contributed by atoms with van der Waals surface area (Å²) in [5.41, 5.74) is 3.70. The SMILES string of the molecule is Cc1cc(C)c(OCCOCCN2CCC(C)CC2)c(C)c1.O=C(O)C(=O)O. The minimum Gasteiger partial charge on any atom is -0.491 e. The van der Waals surface area contributed by atoms with Crippen molar-refractivity contribution in [3.63, 3.8) is 0 Å². The van der Waals surface area contributed by atoms with Crippen LogP contribution in [0.5, 0.6) is 5.75 Å². The molecule has 7 nitrogen and oxygen atoms in total. The monoisotopic (exact) mass is 395 g/mol. The summed E-state index contributed by atoms with van der Waals surface area (Å²) in [5, 5.41) is 14.8. The molecule has 0 aliphatic carbocycles. The molecule has 0 unspecified atom stereocenters. The Morgan fingerprint density at radius 3 is 2.04 bits per heavy atom. The molecule has 1 aromatic rings. The number of carbonyl (C=O) groups is 2. The van der Waals surface area contributed by atoms with Crippen molar-refractivity contribution < 1.29 is 29.3 Å². The molecule has 0 atom stereocenters. The Bertz CT molecular complexity index is 603. The number of benzene rings is 1. The van der Waals surface area contributed by atoms with E-state index in [0.717, 1.165) is 24.8 Å². The minimum atomic E-state index is -1.82. The van der Waals surface area contributed by atoms with Gasteiger partial charge in [0.25, 0.3) is 0 Å². The van der Waals surface area contributed by atoms with Crippen molar-refractivity contribution in [1.29, 1.82) is 0 Å². The highest BCUT2D eigenvalue weighted by Crippen LogP contribution is 2.24. The average Bonchev–Trinajstić information content (AvgIpc) is 2.61. The molecular weight excluding hydrogens is 362 g/mol. The molecule has 28 heavy (non-hydrogen) atoms. The summed E-state index contributed by atoms with van der Waals surface area (Å²) in [5.74, 6) is -1.74. The lowest BCUT2D eigenvalue weighted by atomic mass is 9.99. The molecule has 0 saturated carbocycles. The zero-order chi connectivity index (χ0) is 21.1. The Hall–Kier alpha value is -2.12. The van der Waals surface area contributed by atoms with Gasteiger partial charge in [0, 0.05) is 6.54 Å². The van der Waals surface area contributed by atoms with Crippen molar-refractivity contribution in [2.45, 2.75) is 40.5 Å². The third-order valence-corrected chi connectivity index (χ3v) is 4.69. The molecule has 0 radical (unpaired) electrons. The second kappa shape index (κ2) is 12.4. The van der Waals surface area contributed by atoms with Gasteiger partial charge in [-0.25, -0.2) is 9.59 Å². The van der Waals surface area contributed by atoms with Crippen molar-refractivity contribution >= 4 is 11.9 Å². The molecule has 2 rings (SSSR count). The van der Waals surface area contributed by atoms with E-state index in [1.807, 2.05) is 0 Å². The fraction of sp³-hybridized carbons (Fsp3) is 0.619. The largest absolute Gasteiger partial charge is 0.491 e. The molecule has 0 aromatic heterocycles. The van der Waals surface area contributed by atoms with Crippen LogP contribution in [0.2, 0.25) is 0 Å². The summed E-state index contributed by atoms with van der Waals surface area (Å²) in [4.78, 5) is 20.7. The zero-order valence-electron chi connectivity index (χ0n) is 17.4. The van der Waals surface area contributed by atoms with Crippen molar-refractivity contribution in [3.05, 3.63) is 28.8 Å². The normalized spacial score (nSPS) is 14.9. The van der Waals surface area contributed by atoms with Crippen molar-refractivity contribution in [1.82, 2.24) is 4.90 Å². The Balaban J connectivity index is 0.000000568. The average molecular weight is 395 g/mol. The first-order chi connectivity index (χ1) is 13.2. The molecule has 1 aliphatic heterocycles. The van der Waals surface area contributed by atoms with Crippen molar-refractivity contribution in [2.75, 3.05) is 39.5 Å². The van der Waals surface area contributed by atoms with Gasteiger partial charge in [0.05, 0.1) is 13.2 Å². The van der Waals surface area contributed by atoms with Crippen LogP contribution >= 0.6 is 0 Å². The lowest BCUT2D eigenvalue weighted by molar-refractivity contribution is -0.159. The molecule has 1 heterocycles. The highest BCUT2D eigenvalue weighted by Gasteiger charge is 2.14. The Kier molecular flexibility index (Phi) is 10.6. The first kappa shape index (κ1) is 23.9. The molecular formula is C21H33NO6. The Morgan fingerprint density at radius 2 is 1.54 bits per heavy atom. The number of ether oxygens (including phenoxy) is 2. The minimum absolute atomic E-state index is 0.627. The van der Waals surface area contributed by atoms with Gasteiger partial charge in [0.1, 0.15) is 12.4 Å². The number of nitrogens with zero attached hydrogens (tertiary/aromatic N) is 1. The fourth-order valence-corrected chi connectivity index (χ4v) is 3.18. The number of hydrogen-bond donors (Lipinski definition) is 2. The van der Waals surface area contributed by atoms with E-state index in [1.165, 1.54) is 42.6 Å². The van der Waals surface area contributed by atoms with E-state index in [-0.39, 0.29) is 0 Å². The molecule has 1 fully saturated rings. The van der Waals surface area contributed by atoms with Crippen LogP contribution < -0.4 is 4.74 Å². The van der Waals surface area contributed by atoms with Gasteiger partial charge in [-0.15, -0.1) is 0 Å². The highest BCUT2D eigenvalue weighted by atomic mass is 16.5. The lowest BCUT2D eigenvalue weighted by Crippen LogP contribution is -2.35. The van der Waals surface area contributed by atoms with Gasteiger partial charge in [0.2, 0.25) is 0 Å². The predicted octanol–water partition coefficient (Wildman–Crippen LogP) is 2.89. The lowest BCUT2D eigenvalue weighted by Gasteiger charge is -2.29. The Morgan fingerprint density at radius 1 is 1.00 bits per heavy atom. The Labute approximate surface area is 167 Å². The third-order valence-electron chi connectivity index (χ3n) is 4.69. The van der Waals surface area contributed by atoms with E-state index in [4.69, 9.17) is 29.3 Å². The van der Waals surface area contributed by atoms with Crippen molar-refractivity contribution in [3.8, 4) is 5.75 Å². The maximum Gasteiger partial charge on any atom is 0.414 e. The van der Waals surface area contributed by atoms with Crippen LogP contribution in [-0.2, 0) is 14.3 Å². The van der Waals surface area contributed by atoms with Gasteiger partial charge >= 0.3 is 11.9 Å². The van der Waals surface area contributed by atoms with Crippen LogP contribution in [0.3, 0.4) is 0 Å². The summed E-state index contributed by atoms with van der Waals surface area (Å²) in [6.45, 7) is 14.3. The van der Waals surface area contributed by atoms with Crippen LogP contribution in [0.4, 0.5) is 0 Å². The van der Waals surface area contributed by atoms with Gasteiger partial charge < -0.3 is 24.6 Å². The van der Waals surface area contributed by atoms with Gasteiger partial charge in [-0.2, -0.15) is 0 Å². The topological polar surface area (TPSA) is 96.3 Å². The van der Waals surface area contributed by atoms with Crippen LogP contribution in [0.1, 0.15) is 36.5 Å². The molecule has 158 valence electrons. The van der Waals surface area contributed by atoms with E-state index in [1.54, 1.807) is 0 Å². The number of carboxylic acids is 2. The predicted molar refractivity (Wildman–Crippen MR) is 107 cm³/mol. The third kappa shape index (κ3) is 9.19. The molecule has 7 heteroatoms. The molecule has 1 aliphatic rings. The van der Waals surface area contributed by atoms with Crippen LogP contribution in [0, 0.1) is 26.7 Å². The fourth-order valence-electron chi connectivity index (χ4n) is 3.18. The number of rotatable bonds is 7. The van der Waals surface area contributed by atoms with Gasteiger partial charge in [-0.05, 0) is 63.7 Å². The molecule has 0 spiro atoms. The van der Waals surface area contributed by atoms with Crippen LogP contribution in [-0.4, -0.2) is 66.5 Å². The summed E-state index contributed by atoms with van der Waals surface area (Å²) in [7, 11) is 0. The molecule has 1 aromatic carbocycles. The summed E-state index contributed by atoms with van der Waals surface area (Å²) in [6, 6.07) is 4.33. The second-order valence-electron chi connectivity index (χ2n) is 7.32. The number of hydrogen-bond acceptors (Lipinski definition) is 5. The van der Waals surface area contributed by atoms with Gasteiger partial charge in [-0.3, -0.25) is 0 Å². The van der Waals surface area contributed by atoms with Gasteiger partial charge in [0.15, 0.2) is 0 Å². The maximum absolute atomic E-state index is 9.10. The maximum atomic E-state index is 9.10. The van der Waals surface area contributed by atoms with E-state index in [2.05, 4.69) is 44.7 Å². The molecule has 0 bridgehead atoms. The molecule has 1 saturated heterocycles. The summed E-state index contributed by atoms with van der Waals surface area (Å²) in [6.07, 6.45) is 2.66. The number of aryl methyl sites for hydroxylation is 3. The van der Waals surface area contributed by atoms with E-state index in [9.17, 15) is 0 Å². The molecule has 2 N–H and O–H groups in total. The van der Waals surface area contributed by atoms with E-state index in [0.29, 0.717) is 13.2 Å².